The number of nitrogens with zero attached hydrogens (tertiary/aromatic N) is 3. The third-order valence-electron chi connectivity index (χ3n) is 6.59. The summed E-state index contributed by atoms with van der Waals surface area (Å²) in [5, 5.41) is 14.6. The Morgan fingerprint density at radius 3 is 2.62 bits per heavy atom. The molecular formula is C30H38ClN4O3Y-. The number of ether oxygens (including phenoxy) is 1. The maximum absolute atomic E-state index is 7.74. The molecule has 0 aliphatic carbocycles. The quantitative estimate of drug-likeness (QED) is 0.101. The molecule has 1 aliphatic rings. The van der Waals surface area contributed by atoms with Crippen molar-refractivity contribution in [2.75, 3.05) is 19.8 Å². The largest absolute Gasteiger partial charge is 0.650 e. The van der Waals surface area contributed by atoms with Crippen molar-refractivity contribution < 1.29 is 47.6 Å². The minimum Gasteiger partial charge on any atom is -0.650 e. The van der Waals surface area contributed by atoms with Gasteiger partial charge in [0.05, 0.1) is 19.5 Å². The fraction of sp³-hybridized carbons (Fsp3) is 0.433. The van der Waals surface area contributed by atoms with Gasteiger partial charge >= 0.3 is 0 Å². The van der Waals surface area contributed by atoms with Crippen LogP contribution in [0.1, 0.15) is 62.4 Å². The molecule has 2 aromatic heterocycles. The molecule has 207 valence electrons. The summed E-state index contributed by atoms with van der Waals surface area (Å²) in [4.78, 5) is 11.5. The number of hydrogen-bond donors (Lipinski definition) is 2. The van der Waals surface area contributed by atoms with Crippen LogP contribution in [0.5, 0.6) is 5.75 Å². The van der Waals surface area contributed by atoms with Crippen LogP contribution >= 0.6 is 11.6 Å². The number of aromatic amines is 1. The molecule has 0 saturated heterocycles. The number of aromatic nitrogens is 3. The molecule has 0 spiro atoms. The van der Waals surface area contributed by atoms with Crippen molar-refractivity contribution in [1.82, 2.24) is 14.5 Å². The topological polar surface area (TPSA) is 86.4 Å². The normalized spacial score (nSPS) is 14.4. The molecule has 7 nitrogen and oxygen atoms in total. The predicted octanol–water partition coefficient (Wildman–Crippen LogP) is 7.81. The summed E-state index contributed by atoms with van der Waals surface area (Å²) in [7, 11) is 0. The molecule has 2 aromatic carbocycles. The molecule has 3 heterocycles. The number of benzene rings is 2. The summed E-state index contributed by atoms with van der Waals surface area (Å²) in [5.74, 6) is 1.35. The van der Waals surface area contributed by atoms with Crippen LogP contribution in [0.2, 0.25) is 5.02 Å². The zero-order chi connectivity index (χ0) is 26.7. The Bertz CT molecular complexity index is 1250. The van der Waals surface area contributed by atoms with Gasteiger partial charge in [-0.15, -0.1) is 6.54 Å². The number of nitrogens with one attached hydrogen (secondary N) is 1. The summed E-state index contributed by atoms with van der Waals surface area (Å²) in [6.07, 6.45) is 11.3. The first-order valence-corrected chi connectivity index (χ1v) is 13.8. The predicted molar refractivity (Wildman–Crippen MR) is 153 cm³/mol. The molecular weight excluding hydrogens is 589 g/mol. The van der Waals surface area contributed by atoms with E-state index in [2.05, 4.69) is 55.8 Å². The number of unbranched alkanes of at least 4 members (excludes halogenated alkanes) is 3. The Morgan fingerprint density at radius 1 is 1.13 bits per heavy atom. The maximum atomic E-state index is 7.74. The first-order chi connectivity index (χ1) is 18.5. The van der Waals surface area contributed by atoms with Gasteiger partial charge < -0.3 is 19.6 Å². The van der Waals surface area contributed by atoms with Gasteiger partial charge in [-0.05, 0) is 61.1 Å². The van der Waals surface area contributed by atoms with Crippen LogP contribution in [0.25, 0.3) is 16.2 Å². The summed E-state index contributed by atoms with van der Waals surface area (Å²) in [6, 6.07) is 14.5. The molecule has 1 atom stereocenters. The fourth-order valence-corrected chi connectivity index (χ4v) is 4.84. The number of aryl methyl sites for hydroxylation is 1. The van der Waals surface area contributed by atoms with Crippen molar-refractivity contribution in [3.8, 4) is 5.75 Å². The molecule has 39 heavy (non-hydrogen) atoms. The first-order valence-electron chi connectivity index (χ1n) is 13.5. The van der Waals surface area contributed by atoms with Crippen LogP contribution in [0.4, 0.5) is 0 Å². The standard InChI is InChI=1S/C26H28ClN4O.C4H10O2.Y/c27-20-7-10-24-23(17-20)22-11-12-29-25(26(22)30-24)19-5-8-21(9-6-19)32-16-4-2-1-3-14-31-15-13-28-18-31;1-4(2)3-6-5;/h5-10,13,15,17-18,25,30H,1-4,11-12,14,16H2;4-5H,3H2,1-2H3;/q-1;;. The average molecular weight is 627 g/mol. The molecule has 5 rings (SSSR count). The Balaban J connectivity index is 0.000000543. The molecule has 1 radical (unpaired) electrons. The van der Waals surface area contributed by atoms with E-state index >= 15 is 0 Å². The number of fused-ring (bicyclic) bond motifs is 3. The van der Waals surface area contributed by atoms with Gasteiger partial charge in [0.1, 0.15) is 5.75 Å². The fourth-order valence-electron chi connectivity index (χ4n) is 4.67. The third-order valence-corrected chi connectivity index (χ3v) is 6.83. The van der Waals surface area contributed by atoms with Crippen LogP contribution < -0.4 is 4.74 Å². The molecule has 0 saturated carbocycles. The van der Waals surface area contributed by atoms with Crippen LogP contribution in [-0.2, 0) is 50.6 Å². The van der Waals surface area contributed by atoms with E-state index in [4.69, 9.17) is 26.9 Å². The van der Waals surface area contributed by atoms with Gasteiger partial charge in [0.15, 0.2) is 0 Å². The molecule has 9 heteroatoms. The summed E-state index contributed by atoms with van der Waals surface area (Å²) < 4.78 is 8.09. The second kappa shape index (κ2) is 16.5. The van der Waals surface area contributed by atoms with E-state index in [0.29, 0.717) is 12.5 Å². The summed E-state index contributed by atoms with van der Waals surface area (Å²) in [5.41, 5.74) is 4.86. The number of halogens is 1. The smallest absolute Gasteiger partial charge is 0.119 e. The Kier molecular flexibility index (Phi) is 13.5. The molecule has 0 amide bonds. The minimum absolute atomic E-state index is 0. The van der Waals surface area contributed by atoms with Crippen LogP contribution in [0.3, 0.4) is 0 Å². The zero-order valence-corrected chi connectivity index (χ0v) is 26.4. The Labute approximate surface area is 261 Å². The van der Waals surface area contributed by atoms with E-state index in [1.807, 2.05) is 38.6 Å². The monoisotopic (exact) mass is 626 g/mol. The van der Waals surface area contributed by atoms with Crippen molar-refractivity contribution in [2.24, 2.45) is 5.92 Å². The van der Waals surface area contributed by atoms with E-state index in [1.54, 1.807) is 0 Å². The maximum Gasteiger partial charge on any atom is 0.119 e. The molecule has 4 aromatic rings. The average Bonchev–Trinajstić information content (AvgIpc) is 3.56. The van der Waals surface area contributed by atoms with Crippen molar-refractivity contribution in [3.05, 3.63) is 88.3 Å². The second-order valence-electron chi connectivity index (χ2n) is 10.1. The van der Waals surface area contributed by atoms with Gasteiger partial charge in [-0.25, -0.2) is 9.87 Å². The van der Waals surface area contributed by atoms with Crippen molar-refractivity contribution in [1.29, 1.82) is 0 Å². The number of imidazole rings is 1. The zero-order valence-electron chi connectivity index (χ0n) is 22.9. The van der Waals surface area contributed by atoms with Gasteiger partial charge in [-0.2, -0.15) is 0 Å². The molecule has 0 bridgehead atoms. The van der Waals surface area contributed by atoms with E-state index in [1.165, 1.54) is 41.5 Å². The van der Waals surface area contributed by atoms with Gasteiger partial charge in [0.2, 0.25) is 0 Å². The van der Waals surface area contributed by atoms with E-state index < -0.39 is 0 Å². The SMILES string of the molecule is CC(C)COO.Clc1ccc2[nH]c3c(c2c1)CC[N-]C3c1ccc(OCCCCCCn2ccnc2)cc1.[Y]. The Hall–Kier alpha value is -1.74. The van der Waals surface area contributed by atoms with Crippen molar-refractivity contribution in [3.63, 3.8) is 0 Å². The molecule has 1 unspecified atom stereocenters. The number of hydrogen-bond acceptors (Lipinski definition) is 4. The molecule has 2 N–H and O–H groups in total. The van der Waals surface area contributed by atoms with Crippen LogP contribution in [0, 0.1) is 5.92 Å². The molecule has 0 fully saturated rings. The van der Waals surface area contributed by atoms with Gasteiger partial charge in [0.25, 0.3) is 0 Å². The van der Waals surface area contributed by atoms with Gasteiger partial charge in [-0.1, -0.05) is 62.0 Å². The Morgan fingerprint density at radius 2 is 1.92 bits per heavy atom. The van der Waals surface area contributed by atoms with E-state index in [9.17, 15) is 0 Å². The van der Waals surface area contributed by atoms with Crippen LogP contribution in [0.15, 0.2) is 61.2 Å². The van der Waals surface area contributed by atoms with E-state index in [-0.39, 0.29) is 38.8 Å². The van der Waals surface area contributed by atoms with Crippen LogP contribution in [-0.4, -0.2) is 39.6 Å². The van der Waals surface area contributed by atoms with Gasteiger partial charge in [0, 0.05) is 73.3 Å². The van der Waals surface area contributed by atoms with E-state index in [0.717, 1.165) is 48.8 Å². The number of rotatable bonds is 11. The van der Waals surface area contributed by atoms with Gasteiger partial charge in [-0.3, -0.25) is 5.26 Å². The third kappa shape index (κ3) is 9.41. The number of H-pyrrole nitrogens is 1. The van der Waals surface area contributed by atoms with Crippen molar-refractivity contribution >= 4 is 22.5 Å². The molecule has 1 aliphatic heterocycles. The second-order valence-corrected chi connectivity index (χ2v) is 10.5. The minimum atomic E-state index is 0. The first kappa shape index (κ1) is 31.8. The van der Waals surface area contributed by atoms with Crippen molar-refractivity contribution in [2.45, 2.75) is 58.5 Å². The summed E-state index contributed by atoms with van der Waals surface area (Å²) >= 11 is 6.23. The summed E-state index contributed by atoms with van der Waals surface area (Å²) in [6.45, 7) is 6.99.